The maximum Gasteiger partial charge on any atom is 0.220 e. The van der Waals surface area contributed by atoms with Gasteiger partial charge in [-0.2, -0.15) is 0 Å². The van der Waals surface area contributed by atoms with Crippen molar-refractivity contribution in [2.45, 2.75) is 45.6 Å². The molecule has 1 amide bonds. The van der Waals surface area contributed by atoms with Crippen LogP contribution in [0.5, 0.6) is 0 Å². The Labute approximate surface area is 195 Å². The predicted molar refractivity (Wildman–Crippen MR) is 133 cm³/mol. The molecular weight excluding hydrogens is 411 g/mol. The standard InChI is InChI=1S/C29H31FN2O/c1-3-4-16-31-29(33)18-26(23-9-7-8-21(2)17-23)27-20-32(28-11-6-5-10-25(27)28)19-22-12-14-24(30)15-13-22/h5-15,17,20,26H,3-4,16,18-19H2,1-2H3,(H,31,33)/t26-/m1/s1. The molecule has 0 spiro atoms. The number of unbranched alkanes of at least 4 members (excludes halogenated alkanes) is 1. The SMILES string of the molecule is CCCCNC(=O)C[C@H](c1cccc(C)c1)c1cn(Cc2ccc(F)cc2)c2ccccc12. The van der Waals surface area contributed by atoms with Crippen LogP contribution in [-0.2, 0) is 11.3 Å². The number of amides is 1. The molecule has 0 aliphatic carbocycles. The van der Waals surface area contributed by atoms with Crippen molar-refractivity contribution in [2.24, 2.45) is 0 Å². The highest BCUT2D eigenvalue weighted by molar-refractivity contribution is 5.86. The Bertz CT molecular complexity index is 1230. The molecule has 0 aliphatic rings. The van der Waals surface area contributed by atoms with Gasteiger partial charge in [0.2, 0.25) is 5.91 Å². The quantitative estimate of drug-likeness (QED) is 0.292. The van der Waals surface area contributed by atoms with Gasteiger partial charge < -0.3 is 9.88 Å². The van der Waals surface area contributed by atoms with Crippen molar-refractivity contribution in [1.82, 2.24) is 9.88 Å². The van der Waals surface area contributed by atoms with E-state index in [1.807, 2.05) is 24.3 Å². The van der Waals surface area contributed by atoms with Gasteiger partial charge in [-0.1, -0.05) is 73.5 Å². The normalized spacial score (nSPS) is 12.1. The third-order valence-corrected chi connectivity index (χ3v) is 6.15. The Morgan fingerprint density at radius 3 is 2.58 bits per heavy atom. The van der Waals surface area contributed by atoms with Crippen molar-refractivity contribution in [3.05, 3.63) is 107 Å². The molecule has 1 aromatic heterocycles. The van der Waals surface area contributed by atoms with Gasteiger partial charge >= 0.3 is 0 Å². The minimum atomic E-state index is -0.231. The Morgan fingerprint density at radius 2 is 1.82 bits per heavy atom. The van der Waals surface area contributed by atoms with Crippen LogP contribution >= 0.6 is 0 Å². The first-order valence-corrected chi connectivity index (χ1v) is 11.7. The summed E-state index contributed by atoms with van der Waals surface area (Å²) >= 11 is 0. The second-order valence-corrected chi connectivity index (χ2v) is 8.73. The maximum absolute atomic E-state index is 13.4. The van der Waals surface area contributed by atoms with Gasteiger partial charge in [-0.15, -0.1) is 0 Å². The molecule has 4 heteroatoms. The number of hydrogen-bond acceptors (Lipinski definition) is 1. The molecule has 4 aromatic rings. The van der Waals surface area contributed by atoms with Gasteiger partial charge in [-0.25, -0.2) is 4.39 Å². The van der Waals surface area contributed by atoms with E-state index in [1.54, 1.807) is 0 Å². The summed E-state index contributed by atoms with van der Waals surface area (Å²) in [6.07, 6.45) is 4.61. The molecule has 1 atom stereocenters. The minimum Gasteiger partial charge on any atom is -0.356 e. The van der Waals surface area contributed by atoms with E-state index in [0.29, 0.717) is 19.5 Å². The average molecular weight is 443 g/mol. The number of halogens is 1. The molecule has 170 valence electrons. The highest BCUT2D eigenvalue weighted by Crippen LogP contribution is 2.35. The summed E-state index contributed by atoms with van der Waals surface area (Å²) in [4.78, 5) is 12.9. The number of carbonyl (C=O) groups excluding carboxylic acids is 1. The van der Waals surface area contributed by atoms with Crippen molar-refractivity contribution in [3.63, 3.8) is 0 Å². The first-order valence-electron chi connectivity index (χ1n) is 11.7. The lowest BCUT2D eigenvalue weighted by atomic mass is 9.87. The van der Waals surface area contributed by atoms with Crippen molar-refractivity contribution >= 4 is 16.8 Å². The van der Waals surface area contributed by atoms with E-state index >= 15 is 0 Å². The third kappa shape index (κ3) is 5.51. The van der Waals surface area contributed by atoms with E-state index < -0.39 is 0 Å². The van der Waals surface area contributed by atoms with Crippen LogP contribution < -0.4 is 5.32 Å². The van der Waals surface area contributed by atoms with E-state index in [0.717, 1.165) is 40.4 Å². The number of rotatable bonds is 9. The van der Waals surface area contributed by atoms with Gasteiger partial charge in [0.25, 0.3) is 0 Å². The van der Waals surface area contributed by atoms with E-state index in [4.69, 9.17) is 0 Å². The summed E-state index contributed by atoms with van der Waals surface area (Å²) in [5.41, 5.74) is 5.61. The lowest BCUT2D eigenvalue weighted by molar-refractivity contribution is -0.121. The van der Waals surface area contributed by atoms with E-state index in [2.05, 4.69) is 66.3 Å². The summed E-state index contributed by atoms with van der Waals surface area (Å²) in [5, 5.41) is 4.23. The van der Waals surface area contributed by atoms with Crippen molar-refractivity contribution < 1.29 is 9.18 Å². The Kier molecular flexibility index (Phi) is 7.23. The van der Waals surface area contributed by atoms with E-state index in [1.165, 1.54) is 17.7 Å². The lowest BCUT2D eigenvalue weighted by Gasteiger charge is -2.18. The summed E-state index contributed by atoms with van der Waals surface area (Å²) in [5.74, 6) is -0.207. The van der Waals surface area contributed by atoms with Gasteiger partial charge in [0.1, 0.15) is 5.82 Å². The molecule has 3 aromatic carbocycles. The third-order valence-electron chi connectivity index (χ3n) is 6.15. The van der Waals surface area contributed by atoms with Gasteiger partial charge in [0, 0.05) is 42.5 Å². The van der Waals surface area contributed by atoms with Crippen LogP contribution in [0.15, 0.2) is 79.0 Å². The van der Waals surface area contributed by atoms with Crippen molar-refractivity contribution in [2.75, 3.05) is 6.54 Å². The number of carbonyl (C=O) groups is 1. The zero-order chi connectivity index (χ0) is 23.2. The summed E-state index contributed by atoms with van der Waals surface area (Å²) < 4.78 is 15.6. The van der Waals surface area contributed by atoms with Gasteiger partial charge in [-0.3, -0.25) is 4.79 Å². The zero-order valence-corrected chi connectivity index (χ0v) is 19.4. The molecule has 4 rings (SSSR count). The van der Waals surface area contributed by atoms with Gasteiger partial charge in [-0.05, 0) is 48.2 Å². The first kappa shape index (κ1) is 22.8. The monoisotopic (exact) mass is 442 g/mol. The second-order valence-electron chi connectivity index (χ2n) is 8.73. The van der Waals surface area contributed by atoms with Gasteiger partial charge in [0.05, 0.1) is 0 Å². The molecule has 0 radical (unpaired) electrons. The average Bonchev–Trinajstić information content (AvgIpc) is 3.17. The summed E-state index contributed by atoms with van der Waals surface area (Å²) in [6.45, 7) is 5.56. The number of nitrogens with one attached hydrogen (secondary N) is 1. The Balaban J connectivity index is 1.74. The number of aryl methyl sites for hydroxylation is 1. The number of nitrogens with zero attached hydrogens (tertiary/aromatic N) is 1. The Morgan fingerprint density at radius 1 is 1.03 bits per heavy atom. The molecule has 1 heterocycles. The minimum absolute atomic E-state index is 0.0501. The molecule has 0 unspecified atom stereocenters. The van der Waals surface area contributed by atoms with E-state index in [9.17, 15) is 9.18 Å². The van der Waals surface area contributed by atoms with E-state index in [-0.39, 0.29) is 17.6 Å². The van der Waals surface area contributed by atoms with Crippen LogP contribution in [0.2, 0.25) is 0 Å². The fourth-order valence-electron chi connectivity index (χ4n) is 4.43. The number of hydrogen-bond donors (Lipinski definition) is 1. The maximum atomic E-state index is 13.4. The first-order chi connectivity index (χ1) is 16.0. The molecule has 3 nitrogen and oxygen atoms in total. The molecule has 0 saturated heterocycles. The van der Waals surface area contributed by atoms with Crippen LogP contribution in [0.3, 0.4) is 0 Å². The predicted octanol–water partition coefficient (Wildman–Crippen LogP) is 6.58. The number of aromatic nitrogens is 1. The molecule has 0 aliphatic heterocycles. The fourth-order valence-corrected chi connectivity index (χ4v) is 4.43. The summed E-state index contributed by atoms with van der Waals surface area (Å²) in [7, 11) is 0. The molecular formula is C29H31FN2O. The molecule has 33 heavy (non-hydrogen) atoms. The van der Waals surface area contributed by atoms with Crippen LogP contribution in [-0.4, -0.2) is 17.0 Å². The topological polar surface area (TPSA) is 34.0 Å². The van der Waals surface area contributed by atoms with Crippen molar-refractivity contribution in [1.29, 1.82) is 0 Å². The molecule has 0 saturated carbocycles. The largest absolute Gasteiger partial charge is 0.356 e. The number of benzene rings is 3. The fraction of sp³-hybridized carbons (Fsp3) is 0.276. The molecule has 0 fully saturated rings. The summed E-state index contributed by atoms with van der Waals surface area (Å²) in [6, 6.07) is 23.4. The Hall–Kier alpha value is -3.40. The van der Waals surface area contributed by atoms with Gasteiger partial charge in [0.15, 0.2) is 0 Å². The van der Waals surface area contributed by atoms with Crippen LogP contribution in [0.4, 0.5) is 4.39 Å². The molecule has 1 N–H and O–H groups in total. The highest BCUT2D eigenvalue weighted by Gasteiger charge is 2.23. The van der Waals surface area contributed by atoms with Crippen molar-refractivity contribution in [3.8, 4) is 0 Å². The number of para-hydroxylation sites is 1. The van der Waals surface area contributed by atoms with Crippen LogP contribution in [0.1, 0.15) is 54.4 Å². The lowest BCUT2D eigenvalue weighted by Crippen LogP contribution is -2.26. The molecule has 0 bridgehead atoms. The highest BCUT2D eigenvalue weighted by atomic mass is 19.1. The zero-order valence-electron chi connectivity index (χ0n) is 19.4. The van der Waals surface area contributed by atoms with Crippen LogP contribution in [0.25, 0.3) is 10.9 Å². The smallest absolute Gasteiger partial charge is 0.220 e. The van der Waals surface area contributed by atoms with Crippen LogP contribution in [0, 0.1) is 12.7 Å². The second kappa shape index (κ2) is 10.5. The number of fused-ring (bicyclic) bond motifs is 1.